The molecule has 1 atom stereocenters. The highest BCUT2D eigenvalue weighted by atomic mass is 127. The zero-order chi connectivity index (χ0) is 18.3. The zero-order valence-electron chi connectivity index (χ0n) is 16.5. The first-order valence-corrected chi connectivity index (χ1v) is 8.88. The van der Waals surface area contributed by atoms with Crippen LogP contribution in [0.15, 0.2) is 29.3 Å². The molecule has 0 spiro atoms. The fourth-order valence-corrected chi connectivity index (χ4v) is 3.01. The van der Waals surface area contributed by atoms with Crippen molar-refractivity contribution in [3.63, 3.8) is 0 Å². The number of methoxy groups -OCH3 is 1. The van der Waals surface area contributed by atoms with Crippen molar-refractivity contribution in [3.8, 4) is 5.75 Å². The summed E-state index contributed by atoms with van der Waals surface area (Å²) in [5, 5.41) is 6.95. The summed E-state index contributed by atoms with van der Waals surface area (Å²) in [7, 11) is 5.62. The highest BCUT2D eigenvalue weighted by molar-refractivity contribution is 14.0. The van der Waals surface area contributed by atoms with Crippen LogP contribution in [0.25, 0.3) is 0 Å². The fraction of sp³-hybridized carbons (Fsp3) is 0.632. The summed E-state index contributed by atoms with van der Waals surface area (Å²) < 4.78 is 11.2. The maximum Gasteiger partial charge on any atom is 0.191 e. The summed E-state index contributed by atoms with van der Waals surface area (Å²) >= 11 is 0. The molecule has 1 unspecified atom stereocenters. The molecule has 1 aliphatic rings. The summed E-state index contributed by atoms with van der Waals surface area (Å²) in [4.78, 5) is 6.61. The number of hydrogen-bond acceptors (Lipinski definition) is 4. The van der Waals surface area contributed by atoms with E-state index in [0.29, 0.717) is 0 Å². The van der Waals surface area contributed by atoms with Crippen molar-refractivity contribution >= 4 is 29.9 Å². The Morgan fingerprint density at radius 2 is 2.08 bits per heavy atom. The molecule has 1 aliphatic heterocycles. The smallest absolute Gasteiger partial charge is 0.191 e. The second-order valence-corrected chi connectivity index (χ2v) is 7.10. The van der Waals surface area contributed by atoms with Crippen molar-refractivity contribution in [2.45, 2.75) is 31.9 Å². The molecule has 6 nitrogen and oxygen atoms in total. The molecule has 0 saturated carbocycles. The molecule has 0 radical (unpaired) electrons. The largest absolute Gasteiger partial charge is 0.487 e. The van der Waals surface area contributed by atoms with Crippen molar-refractivity contribution < 1.29 is 9.47 Å². The van der Waals surface area contributed by atoms with E-state index in [1.165, 1.54) is 5.56 Å². The first kappa shape index (κ1) is 23.0. The molecule has 148 valence electrons. The van der Waals surface area contributed by atoms with E-state index < -0.39 is 0 Å². The van der Waals surface area contributed by atoms with Crippen LogP contribution in [0.3, 0.4) is 0 Å². The Morgan fingerprint density at radius 1 is 1.35 bits per heavy atom. The van der Waals surface area contributed by atoms with Crippen LogP contribution in [0.5, 0.6) is 5.75 Å². The molecule has 0 aliphatic carbocycles. The molecular formula is C19H33IN4O2. The van der Waals surface area contributed by atoms with Crippen LogP contribution < -0.4 is 15.4 Å². The van der Waals surface area contributed by atoms with Gasteiger partial charge in [0.2, 0.25) is 0 Å². The van der Waals surface area contributed by atoms with Crippen LogP contribution in [0.2, 0.25) is 0 Å². The van der Waals surface area contributed by atoms with E-state index >= 15 is 0 Å². The van der Waals surface area contributed by atoms with Crippen molar-refractivity contribution in [1.82, 2.24) is 15.5 Å². The first-order valence-electron chi connectivity index (χ1n) is 8.88. The van der Waals surface area contributed by atoms with E-state index in [2.05, 4.69) is 53.6 Å². The van der Waals surface area contributed by atoms with Gasteiger partial charge < -0.3 is 25.0 Å². The topological polar surface area (TPSA) is 58.1 Å². The van der Waals surface area contributed by atoms with Gasteiger partial charge in [0.15, 0.2) is 5.96 Å². The van der Waals surface area contributed by atoms with Crippen molar-refractivity contribution in [3.05, 3.63) is 29.8 Å². The third-order valence-corrected chi connectivity index (χ3v) is 4.37. The van der Waals surface area contributed by atoms with Crippen LogP contribution in [-0.4, -0.2) is 63.9 Å². The number of guanidine groups is 1. The Balaban J connectivity index is 0.00000338. The number of ether oxygens (including phenoxy) is 2. The number of nitrogens with one attached hydrogen (secondary N) is 2. The molecule has 7 heteroatoms. The highest BCUT2D eigenvalue weighted by Gasteiger charge is 2.33. The Kier molecular flexibility index (Phi) is 9.67. The van der Waals surface area contributed by atoms with Gasteiger partial charge in [-0.15, -0.1) is 24.0 Å². The molecule has 0 aromatic heterocycles. The van der Waals surface area contributed by atoms with Crippen LogP contribution in [0.4, 0.5) is 0 Å². The lowest BCUT2D eigenvalue weighted by Crippen LogP contribution is -2.46. The molecule has 26 heavy (non-hydrogen) atoms. The van der Waals surface area contributed by atoms with Gasteiger partial charge in [-0.2, -0.15) is 0 Å². The average Bonchev–Trinajstić information content (AvgIpc) is 2.58. The van der Waals surface area contributed by atoms with Crippen molar-refractivity contribution in [2.75, 3.05) is 47.4 Å². The number of aliphatic imine (C=N–C) groups is 1. The maximum absolute atomic E-state index is 6.10. The standard InChI is InChI=1S/C19H32N4O2.HI/c1-19(2)14-16(15-8-6-7-9-17(15)25-19)22-18(20-3)21-10-11-23(4)12-13-24-5;/h6-9,16H,10-14H2,1-5H3,(H2,20,21,22);1H. The van der Waals surface area contributed by atoms with Crippen LogP contribution in [-0.2, 0) is 4.74 Å². The van der Waals surface area contributed by atoms with Gasteiger partial charge in [0, 0.05) is 45.8 Å². The molecular weight excluding hydrogens is 443 g/mol. The predicted molar refractivity (Wildman–Crippen MR) is 118 cm³/mol. The molecule has 2 N–H and O–H groups in total. The lowest BCUT2D eigenvalue weighted by Gasteiger charge is -2.38. The van der Waals surface area contributed by atoms with Gasteiger partial charge in [-0.3, -0.25) is 4.99 Å². The highest BCUT2D eigenvalue weighted by Crippen LogP contribution is 2.39. The van der Waals surface area contributed by atoms with Gasteiger partial charge >= 0.3 is 0 Å². The zero-order valence-corrected chi connectivity index (χ0v) is 18.9. The van der Waals surface area contributed by atoms with E-state index in [0.717, 1.165) is 44.4 Å². The Bertz CT molecular complexity index is 580. The van der Waals surface area contributed by atoms with Gasteiger partial charge in [-0.1, -0.05) is 18.2 Å². The van der Waals surface area contributed by atoms with E-state index in [1.807, 2.05) is 12.1 Å². The summed E-state index contributed by atoms with van der Waals surface area (Å²) in [6.07, 6.45) is 0.887. The van der Waals surface area contributed by atoms with Gasteiger partial charge in [0.25, 0.3) is 0 Å². The number of benzene rings is 1. The van der Waals surface area contributed by atoms with Crippen LogP contribution in [0.1, 0.15) is 31.9 Å². The number of para-hydroxylation sites is 1. The summed E-state index contributed by atoms with van der Waals surface area (Å²) in [5.74, 6) is 1.77. The van der Waals surface area contributed by atoms with E-state index in [1.54, 1.807) is 14.2 Å². The molecule has 1 heterocycles. The number of rotatable bonds is 7. The van der Waals surface area contributed by atoms with Gasteiger partial charge in [0.1, 0.15) is 11.4 Å². The van der Waals surface area contributed by atoms with Crippen molar-refractivity contribution in [2.24, 2.45) is 4.99 Å². The molecule has 2 rings (SSSR count). The fourth-order valence-electron chi connectivity index (χ4n) is 3.01. The maximum atomic E-state index is 6.10. The van der Waals surface area contributed by atoms with E-state index in [4.69, 9.17) is 9.47 Å². The monoisotopic (exact) mass is 476 g/mol. The minimum atomic E-state index is -0.203. The van der Waals surface area contributed by atoms with Crippen molar-refractivity contribution in [1.29, 1.82) is 0 Å². The molecule has 0 saturated heterocycles. The number of halogens is 1. The number of nitrogens with zero attached hydrogens (tertiary/aromatic N) is 2. The summed E-state index contributed by atoms with van der Waals surface area (Å²) in [5.41, 5.74) is 0.979. The first-order chi connectivity index (χ1) is 11.9. The van der Waals surface area contributed by atoms with Crippen LogP contribution >= 0.6 is 24.0 Å². The Morgan fingerprint density at radius 3 is 2.77 bits per heavy atom. The SMILES string of the molecule is CN=C(NCCN(C)CCOC)NC1CC(C)(C)Oc2ccccc21.I. The summed E-state index contributed by atoms with van der Waals surface area (Å²) in [6.45, 7) is 7.67. The normalized spacial score (nSPS) is 18.5. The summed E-state index contributed by atoms with van der Waals surface area (Å²) in [6, 6.07) is 8.40. The minimum Gasteiger partial charge on any atom is -0.487 e. The third kappa shape index (κ3) is 6.92. The van der Waals surface area contributed by atoms with E-state index in [-0.39, 0.29) is 35.6 Å². The van der Waals surface area contributed by atoms with Gasteiger partial charge in [-0.25, -0.2) is 0 Å². The molecule has 0 fully saturated rings. The van der Waals surface area contributed by atoms with E-state index in [9.17, 15) is 0 Å². The molecule has 0 amide bonds. The quantitative estimate of drug-likeness (QED) is 0.360. The number of likely N-dealkylation sites (N-methyl/N-ethyl adjacent to an activating group) is 1. The Labute approximate surface area is 174 Å². The lowest BCUT2D eigenvalue weighted by molar-refractivity contribution is 0.0694. The number of hydrogen-bond donors (Lipinski definition) is 2. The number of fused-ring (bicyclic) bond motifs is 1. The average molecular weight is 476 g/mol. The third-order valence-electron chi connectivity index (χ3n) is 4.37. The Hall–Kier alpha value is -1.06. The second-order valence-electron chi connectivity index (χ2n) is 7.10. The lowest BCUT2D eigenvalue weighted by atomic mass is 9.90. The second kappa shape index (κ2) is 10.9. The predicted octanol–water partition coefficient (Wildman–Crippen LogP) is 2.65. The molecule has 1 aromatic carbocycles. The van der Waals surface area contributed by atoms with Crippen LogP contribution in [0, 0.1) is 0 Å². The molecule has 1 aromatic rings. The van der Waals surface area contributed by atoms with Gasteiger partial charge in [0.05, 0.1) is 12.6 Å². The minimum absolute atomic E-state index is 0. The molecule has 0 bridgehead atoms. The van der Waals surface area contributed by atoms with Gasteiger partial charge in [-0.05, 0) is 27.0 Å².